The molecule has 3 rings (SSSR count). The number of benzene rings is 2. The molecule has 5 nitrogen and oxygen atoms in total. The third-order valence-corrected chi connectivity index (χ3v) is 8.16. The molecule has 2 aromatic rings. The molecule has 1 fully saturated rings. The van der Waals surface area contributed by atoms with Crippen LogP contribution in [0.5, 0.6) is 0 Å². The number of hydrogen-bond donors (Lipinski definition) is 0. The quantitative estimate of drug-likeness (QED) is 0.364. The highest BCUT2D eigenvalue weighted by Gasteiger charge is 2.59. The maximum absolute atomic E-state index is 13.6. The molecular weight excluding hydrogens is 477 g/mol. The molecule has 27 heavy (non-hydrogen) atoms. The second-order valence-electron chi connectivity index (χ2n) is 6.95. The number of halogens is 1. The number of nitrogens with zero attached hydrogens (tertiary/aromatic N) is 1. The first kappa shape index (κ1) is 20.3. The normalized spacial score (nSPS) is 26.1. The van der Waals surface area contributed by atoms with Gasteiger partial charge < -0.3 is 4.74 Å². The van der Waals surface area contributed by atoms with Crippen LogP contribution in [0, 0.1) is 6.92 Å². The lowest BCUT2D eigenvalue weighted by atomic mass is 10.0. The van der Waals surface area contributed by atoms with Gasteiger partial charge in [-0.2, -0.15) is 4.31 Å². The van der Waals surface area contributed by atoms with Gasteiger partial charge in [-0.3, -0.25) is 4.79 Å². The van der Waals surface area contributed by atoms with E-state index in [1.807, 2.05) is 37.3 Å². The number of sulfonamides is 1. The first-order valence-electron chi connectivity index (χ1n) is 8.60. The zero-order chi connectivity index (χ0) is 19.8. The molecule has 144 valence electrons. The number of rotatable bonds is 4. The Balaban J connectivity index is 2.20. The predicted octanol–water partition coefficient (Wildman–Crippen LogP) is 3.87. The summed E-state index contributed by atoms with van der Waals surface area (Å²) in [6.45, 7) is 3.55. The Morgan fingerprint density at radius 3 is 2.30 bits per heavy atom. The summed E-state index contributed by atoms with van der Waals surface area (Å²) in [5, 5.41) is 0. The number of alkyl halides is 1. The van der Waals surface area contributed by atoms with Gasteiger partial charge in [-0.15, -0.1) is 0 Å². The van der Waals surface area contributed by atoms with Crippen molar-refractivity contribution in [1.29, 1.82) is 0 Å². The van der Waals surface area contributed by atoms with E-state index in [0.717, 1.165) is 11.1 Å². The molecule has 1 aliphatic heterocycles. The fraction of sp³-hybridized carbons (Fsp3) is 0.350. The van der Waals surface area contributed by atoms with Crippen molar-refractivity contribution in [2.75, 3.05) is 7.11 Å². The molecule has 7 heteroatoms. The molecule has 0 saturated carbocycles. The summed E-state index contributed by atoms with van der Waals surface area (Å²) in [6, 6.07) is 15.7. The van der Waals surface area contributed by atoms with Gasteiger partial charge in [-0.05, 0) is 38.0 Å². The van der Waals surface area contributed by atoms with Crippen molar-refractivity contribution in [2.45, 2.75) is 40.7 Å². The highest BCUT2D eigenvalue weighted by atomic mass is 127. The Labute approximate surface area is 173 Å². The van der Waals surface area contributed by atoms with Gasteiger partial charge in [0.2, 0.25) is 10.0 Å². The summed E-state index contributed by atoms with van der Waals surface area (Å²) in [6.07, 6.45) is 0.380. The van der Waals surface area contributed by atoms with Gasteiger partial charge in [0, 0.05) is 3.92 Å². The average Bonchev–Trinajstić information content (AvgIpc) is 2.94. The van der Waals surface area contributed by atoms with Crippen molar-refractivity contribution < 1.29 is 17.9 Å². The maximum atomic E-state index is 13.6. The van der Waals surface area contributed by atoms with Crippen LogP contribution in [0.2, 0.25) is 0 Å². The van der Waals surface area contributed by atoms with Crippen molar-refractivity contribution in [3.8, 4) is 0 Å². The molecule has 0 radical (unpaired) electrons. The molecule has 0 unspecified atom stereocenters. The lowest BCUT2D eigenvalue weighted by Crippen LogP contribution is -2.52. The van der Waals surface area contributed by atoms with Crippen molar-refractivity contribution in [3.63, 3.8) is 0 Å². The van der Waals surface area contributed by atoms with E-state index in [1.165, 1.54) is 11.4 Å². The molecule has 0 N–H and O–H groups in total. The first-order valence-corrected chi connectivity index (χ1v) is 11.3. The molecule has 0 spiro atoms. The van der Waals surface area contributed by atoms with Crippen LogP contribution >= 0.6 is 22.6 Å². The third-order valence-electron chi connectivity index (χ3n) is 5.02. The molecule has 0 aromatic heterocycles. The maximum Gasteiger partial charge on any atom is 0.327 e. The van der Waals surface area contributed by atoms with E-state index >= 15 is 0 Å². The summed E-state index contributed by atoms with van der Waals surface area (Å²) in [5.74, 6) is -0.543. The number of aryl methyl sites for hydroxylation is 1. The van der Waals surface area contributed by atoms with Crippen molar-refractivity contribution >= 4 is 38.6 Å². The van der Waals surface area contributed by atoms with Gasteiger partial charge in [0.1, 0.15) is 5.54 Å². The van der Waals surface area contributed by atoms with Gasteiger partial charge in [-0.25, -0.2) is 8.42 Å². The molecule has 1 saturated heterocycles. The van der Waals surface area contributed by atoms with Crippen LogP contribution in [-0.4, -0.2) is 35.3 Å². The average molecular weight is 499 g/mol. The molecule has 1 heterocycles. The van der Waals surface area contributed by atoms with Crippen LogP contribution in [0.3, 0.4) is 0 Å². The standard InChI is InChI=1S/C20H22INO4S/c1-14-9-11-16(12-10-14)27(24,25)22-18(15-7-5-4-6-8-15)17(21)13-20(22,2)19(23)26-3/h4-12,17-18H,13H2,1-3H3/t17-,18+,20+/m0/s1. The summed E-state index contributed by atoms with van der Waals surface area (Å²) < 4.78 is 33.5. The van der Waals surface area contributed by atoms with Crippen LogP contribution in [-0.2, 0) is 19.6 Å². The first-order chi connectivity index (χ1) is 12.7. The highest BCUT2D eigenvalue weighted by molar-refractivity contribution is 14.1. The lowest BCUT2D eigenvalue weighted by Gasteiger charge is -2.35. The fourth-order valence-corrected chi connectivity index (χ4v) is 7.43. The number of ether oxygens (including phenoxy) is 1. The van der Waals surface area contributed by atoms with Crippen LogP contribution in [0.15, 0.2) is 59.5 Å². The largest absolute Gasteiger partial charge is 0.468 e. The van der Waals surface area contributed by atoms with E-state index in [2.05, 4.69) is 22.6 Å². The Bertz CT molecular complexity index is 930. The topological polar surface area (TPSA) is 63.7 Å². The molecular formula is C20H22INO4S. The second-order valence-corrected chi connectivity index (χ2v) is 10.4. The summed E-state index contributed by atoms with van der Waals surface area (Å²) >= 11 is 2.24. The Kier molecular flexibility index (Phi) is 5.65. The van der Waals surface area contributed by atoms with Gasteiger partial charge in [0.15, 0.2) is 0 Å². The number of esters is 1. The zero-order valence-electron chi connectivity index (χ0n) is 15.4. The fourth-order valence-electron chi connectivity index (χ4n) is 3.66. The molecule has 1 aliphatic rings. The minimum atomic E-state index is -3.92. The molecule has 0 bridgehead atoms. The minimum Gasteiger partial charge on any atom is -0.468 e. The summed E-state index contributed by atoms with van der Waals surface area (Å²) in [4.78, 5) is 12.8. The highest BCUT2D eigenvalue weighted by Crippen LogP contribution is 2.50. The smallest absolute Gasteiger partial charge is 0.327 e. The molecule has 0 amide bonds. The van der Waals surface area contributed by atoms with Crippen LogP contribution < -0.4 is 0 Å². The van der Waals surface area contributed by atoms with Crippen molar-refractivity contribution in [2.24, 2.45) is 0 Å². The Morgan fingerprint density at radius 2 is 1.74 bits per heavy atom. The van der Waals surface area contributed by atoms with E-state index in [9.17, 15) is 13.2 Å². The number of carbonyl (C=O) groups is 1. The van der Waals surface area contributed by atoms with Crippen molar-refractivity contribution in [3.05, 3.63) is 65.7 Å². The van der Waals surface area contributed by atoms with E-state index in [0.29, 0.717) is 6.42 Å². The Hall–Kier alpha value is -1.45. The number of hydrogen-bond acceptors (Lipinski definition) is 4. The number of methoxy groups -OCH3 is 1. The van der Waals surface area contributed by atoms with Gasteiger partial charge >= 0.3 is 5.97 Å². The van der Waals surface area contributed by atoms with E-state index in [4.69, 9.17) is 4.74 Å². The lowest BCUT2D eigenvalue weighted by molar-refractivity contribution is -0.150. The van der Waals surface area contributed by atoms with E-state index in [-0.39, 0.29) is 8.82 Å². The summed E-state index contributed by atoms with van der Waals surface area (Å²) in [5.41, 5.74) is 0.558. The molecule has 2 aromatic carbocycles. The predicted molar refractivity (Wildman–Crippen MR) is 112 cm³/mol. The van der Waals surface area contributed by atoms with Crippen molar-refractivity contribution in [1.82, 2.24) is 4.31 Å². The Morgan fingerprint density at radius 1 is 1.15 bits per heavy atom. The summed E-state index contributed by atoms with van der Waals surface area (Å²) in [7, 11) is -2.63. The van der Waals surface area contributed by atoms with E-state index in [1.54, 1.807) is 31.2 Å². The molecule has 0 aliphatic carbocycles. The monoisotopic (exact) mass is 499 g/mol. The van der Waals surface area contributed by atoms with Crippen LogP contribution in [0.4, 0.5) is 0 Å². The zero-order valence-corrected chi connectivity index (χ0v) is 18.4. The second kappa shape index (κ2) is 7.52. The van der Waals surface area contributed by atoms with Crippen LogP contribution in [0.25, 0.3) is 0 Å². The third kappa shape index (κ3) is 3.52. The van der Waals surface area contributed by atoms with E-state index < -0.39 is 27.6 Å². The SMILES string of the molecule is COC(=O)[C@@]1(C)C[C@H](I)[C@@H](c2ccccc2)N1S(=O)(=O)c1ccc(C)cc1. The van der Waals surface area contributed by atoms with Crippen LogP contribution in [0.1, 0.15) is 30.5 Å². The van der Waals surface area contributed by atoms with Gasteiger partial charge in [0.05, 0.1) is 18.0 Å². The van der Waals surface area contributed by atoms with Gasteiger partial charge in [-0.1, -0.05) is 70.6 Å². The van der Waals surface area contributed by atoms with Gasteiger partial charge in [0.25, 0.3) is 0 Å². The molecule has 3 atom stereocenters. The minimum absolute atomic E-state index is 0.0747. The number of carbonyl (C=O) groups excluding carboxylic acids is 1.